The van der Waals surface area contributed by atoms with Crippen molar-refractivity contribution in [3.05, 3.63) is 26.9 Å². The van der Waals surface area contributed by atoms with Crippen LogP contribution < -0.4 is 0 Å². The first kappa shape index (κ1) is 7.98. The Morgan fingerprint density at radius 3 is 2.90 bits per heavy atom. The van der Waals surface area contributed by atoms with Crippen molar-refractivity contribution in [3.8, 4) is 0 Å². The highest BCUT2D eigenvalue weighted by Crippen LogP contribution is 2.22. The summed E-state index contributed by atoms with van der Waals surface area (Å²) in [6.07, 6.45) is 3.60. The van der Waals surface area contributed by atoms with Gasteiger partial charge in [-0.2, -0.15) is 11.3 Å². The van der Waals surface area contributed by atoms with Crippen molar-refractivity contribution in [2.75, 3.05) is 6.61 Å². The van der Waals surface area contributed by atoms with Crippen LogP contribution in [0.25, 0.3) is 6.08 Å². The molecule has 1 heterocycles. The molecule has 0 amide bonds. The van der Waals surface area contributed by atoms with Crippen molar-refractivity contribution in [2.24, 2.45) is 0 Å². The minimum Gasteiger partial charge on any atom is -0.392 e. The van der Waals surface area contributed by atoms with Gasteiger partial charge in [0.2, 0.25) is 0 Å². The molecule has 1 aromatic heterocycles. The van der Waals surface area contributed by atoms with Crippen LogP contribution in [0.3, 0.4) is 0 Å². The smallest absolute Gasteiger partial charge is 0.0615 e. The second-order valence-corrected chi connectivity index (χ2v) is 3.36. The zero-order valence-electron chi connectivity index (χ0n) is 5.25. The number of hydrogen-bond donors (Lipinski definition) is 1. The van der Waals surface area contributed by atoms with Crippen molar-refractivity contribution >= 4 is 33.3 Å². The standard InChI is InChI=1S/C7H7BrOS/c8-7-5-10-4-6(7)2-1-3-9/h1-2,4-5,9H,3H2. The molecule has 0 aromatic carbocycles. The highest BCUT2D eigenvalue weighted by molar-refractivity contribution is 9.10. The third-order valence-corrected chi connectivity index (χ3v) is 2.80. The fourth-order valence-electron chi connectivity index (χ4n) is 0.590. The Labute approximate surface area is 72.1 Å². The summed E-state index contributed by atoms with van der Waals surface area (Å²) in [7, 11) is 0. The van der Waals surface area contributed by atoms with Gasteiger partial charge in [-0.1, -0.05) is 12.2 Å². The summed E-state index contributed by atoms with van der Waals surface area (Å²) < 4.78 is 1.09. The van der Waals surface area contributed by atoms with Crippen LogP contribution in [0, 0.1) is 0 Å². The zero-order valence-corrected chi connectivity index (χ0v) is 7.65. The van der Waals surface area contributed by atoms with E-state index >= 15 is 0 Å². The van der Waals surface area contributed by atoms with E-state index in [1.807, 2.05) is 16.8 Å². The number of aliphatic hydroxyl groups is 1. The number of aliphatic hydroxyl groups excluding tert-OH is 1. The van der Waals surface area contributed by atoms with Crippen molar-refractivity contribution < 1.29 is 5.11 Å². The summed E-state index contributed by atoms with van der Waals surface area (Å²) in [5.74, 6) is 0. The minimum atomic E-state index is 0.0995. The van der Waals surface area contributed by atoms with Crippen molar-refractivity contribution in [1.29, 1.82) is 0 Å². The van der Waals surface area contributed by atoms with Gasteiger partial charge in [-0.3, -0.25) is 0 Å². The lowest BCUT2D eigenvalue weighted by atomic mass is 10.3. The summed E-state index contributed by atoms with van der Waals surface area (Å²) in [6.45, 7) is 0.0995. The van der Waals surface area contributed by atoms with E-state index in [-0.39, 0.29) is 6.61 Å². The third kappa shape index (κ3) is 1.94. The first-order valence-electron chi connectivity index (χ1n) is 2.83. The highest BCUT2D eigenvalue weighted by atomic mass is 79.9. The van der Waals surface area contributed by atoms with Gasteiger partial charge in [0.25, 0.3) is 0 Å². The molecule has 1 rings (SSSR count). The summed E-state index contributed by atoms with van der Waals surface area (Å²) in [5.41, 5.74) is 1.12. The second kappa shape index (κ2) is 3.91. The maximum absolute atomic E-state index is 8.46. The van der Waals surface area contributed by atoms with Crippen LogP contribution in [0.1, 0.15) is 5.56 Å². The van der Waals surface area contributed by atoms with Crippen molar-refractivity contribution in [2.45, 2.75) is 0 Å². The SMILES string of the molecule is OCC=Cc1cscc1Br. The van der Waals surface area contributed by atoms with E-state index in [4.69, 9.17) is 5.11 Å². The van der Waals surface area contributed by atoms with E-state index in [9.17, 15) is 0 Å². The molecule has 1 N–H and O–H groups in total. The second-order valence-electron chi connectivity index (χ2n) is 1.76. The molecule has 1 aromatic rings. The van der Waals surface area contributed by atoms with Gasteiger partial charge < -0.3 is 5.11 Å². The molecule has 0 unspecified atom stereocenters. The molecule has 0 saturated heterocycles. The van der Waals surface area contributed by atoms with Crippen LogP contribution in [0.2, 0.25) is 0 Å². The zero-order chi connectivity index (χ0) is 7.40. The van der Waals surface area contributed by atoms with Gasteiger partial charge >= 0.3 is 0 Å². The molecule has 0 saturated carbocycles. The van der Waals surface area contributed by atoms with Crippen molar-refractivity contribution in [3.63, 3.8) is 0 Å². The highest BCUT2D eigenvalue weighted by Gasteiger charge is 1.93. The van der Waals surface area contributed by atoms with Crippen LogP contribution in [-0.4, -0.2) is 11.7 Å². The molecule has 0 atom stereocenters. The molecule has 0 aliphatic rings. The Bertz CT molecular complexity index is 229. The topological polar surface area (TPSA) is 20.2 Å². The Morgan fingerprint density at radius 1 is 1.60 bits per heavy atom. The van der Waals surface area contributed by atoms with E-state index in [1.165, 1.54) is 0 Å². The number of rotatable bonds is 2. The van der Waals surface area contributed by atoms with Crippen LogP contribution in [-0.2, 0) is 0 Å². The molecular weight excluding hydrogens is 212 g/mol. The molecule has 0 radical (unpaired) electrons. The first-order chi connectivity index (χ1) is 4.84. The molecule has 1 nitrogen and oxygen atoms in total. The van der Waals surface area contributed by atoms with E-state index in [1.54, 1.807) is 17.4 Å². The Morgan fingerprint density at radius 2 is 2.40 bits per heavy atom. The number of thiophene rings is 1. The molecular formula is C7H7BrOS. The maximum atomic E-state index is 8.46. The Kier molecular flexibility index (Phi) is 3.12. The van der Waals surface area contributed by atoms with Crippen LogP contribution in [0.4, 0.5) is 0 Å². The van der Waals surface area contributed by atoms with Crippen LogP contribution in [0.15, 0.2) is 21.3 Å². The molecule has 0 aliphatic carbocycles. The molecule has 3 heteroatoms. The van der Waals surface area contributed by atoms with Crippen molar-refractivity contribution in [1.82, 2.24) is 0 Å². The molecule has 0 aliphatic heterocycles. The molecule has 0 fully saturated rings. The van der Waals surface area contributed by atoms with Gasteiger partial charge in [-0.15, -0.1) is 0 Å². The monoisotopic (exact) mass is 218 g/mol. The van der Waals surface area contributed by atoms with Gasteiger partial charge in [-0.05, 0) is 26.9 Å². The van der Waals surface area contributed by atoms with Crippen LogP contribution in [0.5, 0.6) is 0 Å². The quantitative estimate of drug-likeness (QED) is 0.810. The molecule has 10 heavy (non-hydrogen) atoms. The first-order valence-corrected chi connectivity index (χ1v) is 4.57. The largest absolute Gasteiger partial charge is 0.392 e. The fraction of sp³-hybridized carbons (Fsp3) is 0.143. The summed E-state index contributed by atoms with van der Waals surface area (Å²) >= 11 is 5.01. The van der Waals surface area contributed by atoms with E-state index < -0.39 is 0 Å². The van der Waals surface area contributed by atoms with Gasteiger partial charge in [0.15, 0.2) is 0 Å². The predicted octanol–water partition coefficient (Wildman–Crippen LogP) is 2.52. The fourth-order valence-corrected chi connectivity index (χ4v) is 1.99. The summed E-state index contributed by atoms with van der Waals surface area (Å²) in [4.78, 5) is 0. The Balaban J connectivity index is 2.74. The number of halogens is 1. The van der Waals surface area contributed by atoms with E-state index in [0.29, 0.717) is 0 Å². The van der Waals surface area contributed by atoms with Crippen LogP contribution >= 0.6 is 27.3 Å². The third-order valence-electron chi connectivity index (χ3n) is 1.05. The van der Waals surface area contributed by atoms with Gasteiger partial charge in [-0.25, -0.2) is 0 Å². The molecule has 54 valence electrons. The van der Waals surface area contributed by atoms with Gasteiger partial charge in [0.05, 0.1) is 6.61 Å². The molecule has 0 spiro atoms. The average molecular weight is 219 g/mol. The lowest BCUT2D eigenvalue weighted by molar-refractivity contribution is 0.343. The maximum Gasteiger partial charge on any atom is 0.0615 e. The van der Waals surface area contributed by atoms with Gasteiger partial charge in [0.1, 0.15) is 0 Å². The lowest BCUT2D eigenvalue weighted by Crippen LogP contribution is -1.70. The Hall–Kier alpha value is -0.120. The lowest BCUT2D eigenvalue weighted by Gasteiger charge is -1.84. The summed E-state index contributed by atoms with van der Waals surface area (Å²) in [5, 5.41) is 12.5. The predicted molar refractivity (Wildman–Crippen MR) is 48.1 cm³/mol. The van der Waals surface area contributed by atoms with Gasteiger partial charge in [0, 0.05) is 9.85 Å². The molecule has 0 bridgehead atoms. The number of hydrogen-bond acceptors (Lipinski definition) is 2. The minimum absolute atomic E-state index is 0.0995. The van der Waals surface area contributed by atoms with E-state index in [2.05, 4.69) is 15.9 Å². The summed E-state index contributed by atoms with van der Waals surface area (Å²) in [6, 6.07) is 0. The average Bonchev–Trinajstić information content (AvgIpc) is 2.31. The normalized spacial score (nSPS) is 11.0. The van der Waals surface area contributed by atoms with E-state index in [0.717, 1.165) is 10.0 Å².